The molecule has 0 saturated carbocycles. The number of nitrogens with zero attached hydrogens (tertiary/aromatic N) is 2. The quantitative estimate of drug-likeness (QED) is 0.881. The number of halogens is 1. The van der Waals surface area contributed by atoms with Gasteiger partial charge in [0.05, 0.1) is 11.7 Å². The minimum absolute atomic E-state index is 0.211. The van der Waals surface area contributed by atoms with Gasteiger partial charge in [0.25, 0.3) is 0 Å². The molecule has 19 heavy (non-hydrogen) atoms. The standard InChI is InChI=1S/C14H12FN3O/c15-12-3-1-2-11(6-12)13(19)9-18-14-5-4-10(7-16)8-17-14/h1-6,8,13,19H,9H2,(H,17,18). The largest absolute Gasteiger partial charge is 0.387 e. The average molecular weight is 257 g/mol. The van der Waals surface area contributed by atoms with Crippen molar-refractivity contribution in [1.82, 2.24) is 4.98 Å². The smallest absolute Gasteiger partial charge is 0.126 e. The first-order chi connectivity index (χ1) is 9.19. The predicted molar refractivity (Wildman–Crippen MR) is 68.8 cm³/mol. The molecule has 0 aliphatic heterocycles. The molecule has 0 fully saturated rings. The number of aliphatic hydroxyl groups is 1. The lowest BCUT2D eigenvalue weighted by molar-refractivity contribution is 0.191. The van der Waals surface area contributed by atoms with Gasteiger partial charge >= 0.3 is 0 Å². The van der Waals surface area contributed by atoms with E-state index in [1.807, 2.05) is 6.07 Å². The van der Waals surface area contributed by atoms with Crippen LogP contribution in [0.1, 0.15) is 17.2 Å². The summed E-state index contributed by atoms with van der Waals surface area (Å²) in [4.78, 5) is 4.01. The van der Waals surface area contributed by atoms with E-state index in [0.29, 0.717) is 16.9 Å². The first-order valence-electron chi connectivity index (χ1n) is 5.72. The Kier molecular flexibility index (Phi) is 4.06. The Morgan fingerprint density at radius 1 is 1.37 bits per heavy atom. The second-order valence-electron chi connectivity index (χ2n) is 4.00. The van der Waals surface area contributed by atoms with Gasteiger partial charge in [-0.25, -0.2) is 9.37 Å². The van der Waals surface area contributed by atoms with Crippen LogP contribution in [0.2, 0.25) is 0 Å². The molecule has 0 spiro atoms. The zero-order valence-electron chi connectivity index (χ0n) is 10.0. The second kappa shape index (κ2) is 5.94. The molecule has 0 amide bonds. The SMILES string of the molecule is N#Cc1ccc(NCC(O)c2cccc(F)c2)nc1. The van der Waals surface area contributed by atoms with E-state index >= 15 is 0 Å². The van der Waals surface area contributed by atoms with Crippen LogP contribution in [0.4, 0.5) is 10.2 Å². The Bertz CT molecular complexity index is 592. The van der Waals surface area contributed by atoms with Crippen molar-refractivity contribution >= 4 is 5.82 Å². The summed E-state index contributed by atoms with van der Waals surface area (Å²) in [7, 11) is 0. The molecule has 0 aliphatic rings. The number of hydrogen-bond acceptors (Lipinski definition) is 4. The first kappa shape index (κ1) is 13.0. The molecular formula is C14H12FN3O. The fourth-order valence-electron chi connectivity index (χ4n) is 1.60. The van der Waals surface area contributed by atoms with E-state index in [9.17, 15) is 9.50 Å². The van der Waals surface area contributed by atoms with E-state index in [4.69, 9.17) is 5.26 Å². The molecular weight excluding hydrogens is 245 g/mol. The Morgan fingerprint density at radius 3 is 2.84 bits per heavy atom. The summed E-state index contributed by atoms with van der Waals surface area (Å²) in [5.74, 6) is 0.169. The van der Waals surface area contributed by atoms with Crippen molar-refractivity contribution in [3.63, 3.8) is 0 Å². The summed E-state index contributed by atoms with van der Waals surface area (Å²) >= 11 is 0. The van der Waals surface area contributed by atoms with Crippen LogP contribution in [0, 0.1) is 17.1 Å². The molecule has 1 heterocycles. The molecule has 1 aromatic heterocycles. The molecule has 5 heteroatoms. The van der Waals surface area contributed by atoms with Crippen molar-refractivity contribution in [2.75, 3.05) is 11.9 Å². The molecule has 1 atom stereocenters. The van der Waals surface area contributed by atoms with E-state index in [0.717, 1.165) is 0 Å². The lowest BCUT2D eigenvalue weighted by Crippen LogP contribution is -2.13. The molecule has 0 saturated heterocycles. The van der Waals surface area contributed by atoms with Crippen LogP contribution in [0.3, 0.4) is 0 Å². The van der Waals surface area contributed by atoms with Gasteiger partial charge < -0.3 is 10.4 Å². The van der Waals surface area contributed by atoms with Gasteiger partial charge in [0, 0.05) is 12.7 Å². The molecule has 2 aromatic rings. The predicted octanol–water partition coefficient (Wildman–Crippen LogP) is 2.24. The Balaban J connectivity index is 1.96. The molecule has 4 nitrogen and oxygen atoms in total. The zero-order valence-corrected chi connectivity index (χ0v) is 10.0. The highest BCUT2D eigenvalue weighted by Crippen LogP contribution is 2.15. The molecule has 2 N–H and O–H groups in total. The maximum atomic E-state index is 13.0. The van der Waals surface area contributed by atoms with Gasteiger partial charge in [0.1, 0.15) is 17.7 Å². The average Bonchev–Trinajstić information content (AvgIpc) is 2.45. The first-order valence-corrected chi connectivity index (χ1v) is 5.72. The normalized spacial score (nSPS) is 11.6. The summed E-state index contributed by atoms with van der Waals surface area (Å²) in [5, 5.41) is 21.5. The van der Waals surface area contributed by atoms with Crippen LogP contribution >= 0.6 is 0 Å². The molecule has 1 aromatic carbocycles. The molecule has 0 bridgehead atoms. The Hall–Kier alpha value is -2.45. The number of anilines is 1. The molecule has 96 valence electrons. The van der Waals surface area contributed by atoms with Crippen LogP contribution in [-0.2, 0) is 0 Å². The number of aromatic nitrogens is 1. The highest BCUT2D eigenvalue weighted by atomic mass is 19.1. The third-order valence-corrected chi connectivity index (χ3v) is 2.60. The minimum atomic E-state index is -0.826. The third kappa shape index (κ3) is 3.50. The maximum absolute atomic E-state index is 13.0. The van der Waals surface area contributed by atoms with E-state index in [1.165, 1.54) is 18.3 Å². The van der Waals surface area contributed by atoms with Gasteiger partial charge in [0.2, 0.25) is 0 Å². The minimum Gasteiger partial charge on any atom is -0.387 e. The number of hydrogen-bond donors (Lipinski definition) is 2. The lowest BCUT2D eigenvalue weighted by Gasteiger charge is -2.12. The van der Waals surface area contributed by atoms with E-state index < -0.39 is 6.10 Å². The van der Waals surface area contributed by atoms with E-state index in [-0.39, 0.29) is 12.4 Å². The molecule has 0 radical (unpaired) electrons. The Labute approximate surface area is 110 Å². The van der Waals surface area contributed by atoms with Crippen LogP contribution < -0.4 is 5.32 Å². The third-order valence-electron chi connectivity index (χ3n) is 2.60. The van der Waals surface area contributed by atoms with Crippen LogP contribution in [0.25, 0.3) is 0 Å². The van der Waals surface area contributed by atoms with E-state index in [2.05, 4.69) is 10.3 Å². The lowest BCUT2D eigenvalue weighted by atomic mass is 10.1. The van der Waals surface area contributed by atoms with Crippen molar-refractivity contribution in [3.05, 3.63) is 59.5 Å². The van der Waals surface area contributed by atoms with Gasteiger partial charge in [0.15, 0.2) is 0 Å². The molecule has 0 aliphatic carbocycles. The monoisotopic (exact) mass is 257 g/mol. The van der Waals surface area contributed by atoms with Gasteiger partial charge in [-0.3, -0.25) is 0 Å². The number of pyridine rings is 1. The number of benzene rings is 1. The summed E-state index contributed by atoms with van der Waals surface area (Å²) in [6.07, 6.45) is 0.616. The van der Waals surface area contributed by atoms with E-state index in [1.54, 1.807) is 24.3 Å². The highest BCUT2D eigenvalue weighted by Gasteiger charge is 2.08. The van der Waals surface area contributed by atoms with Crippen LogP contribution in [-0.4, -0.2) is 16.6 Å². The van der Waals surface area contributed by atoms with Gasteiger partial charge in [-0.05, 0) is 29.8 Å². The van der Waals surface area contributed by atoms with Crippen molar-refractivity contribution in [2.24, 2.45) is 0 Å². The molecule has 1 unspecified atom stereocenters. The van der Waals surface area contributed by atoms with Gasteiger partial charge in [-0.2, -0.15) is 5.26 Å². The zero-order chi connectivity index (χ0) is 13.7. The van der Waals surface area contributed by atoms with Crippen molar-refractivity contribution < 1.29 is 9.50 Å². The summed E-state index contributed by atoms with van der Waals surface area (Å²) in [5.41, 5.74) is 0.970. The van der Waals surface area contributed by atoms with Crippen LogP contribution in [0.15, 0.2) is 42.6 Å². The fraction of sp³-hybridized carbons (Fsp3) is 0.143. The summed E-state index contributed by atoms with van der Waals surface area (Å²) in [6.45, 7) is 0.211. The highest BCUT2D eigenvalue weighted by molar-refractivity contribution is 5.39. The van der Waals surface area contributed by atoms with Gasteiger partial charge in [-0.15, -0.1) is 0 Å². The maximum Gasteiger partial charge on any atom is 0.126 e. The number of rotatable bonds is 4. The van der Waals surface area contributed by atoms with Crippen LogP contribution in [0.5, 0.6) is 0 Å². The molecule has 2 rings (SSSR count). The van der Waals surface area contributed by atoms with Crippen molar-refractivity contribution in [3.8, 4) is 6.07 Å². The Morgan fingerprint density at radius 2 is 2.21 bits per heavy atom. The second-order valence-corrected chi connectivity index (χ2v) is 4.00. The van der Waals surface area contributed by atoms with Gasteiger partial charge in [-0.1, -0.05) is 12.1 Å². The summed E-state index contributed by atoms with van der Waals surface area (Å²) < 4.78 is 13.0. The van der Waals surface area contributed by atoms with Crippen molar-refractivity contribution in [2.45, 2.75) is 6.10 Å². The summed E-state index contributed by atoms with van der Waals surface area (Å²) in [6, 6.07) is 11.1. The number of nitriles is 1. The topological polar surface area (TPSA) is 68.9 Å². The number of nitrogens with one attached hydrogen (secondary N) is 1. The fourth-order valence-corrected chi connectivity index (χ4v) is 1.60. The number of aliphatic hydroxyl groups excluding tert-OH is 1. The van der Waals surface area contributed by atoms with Crippen molar-refractivity contribution in [1.29, 1.82) is 5.26 Å².